The smallest absolute Gasteiger partial charge is 0.219 e. The van der Waals surface area contributed by atoms with Gasteiger partial charge in [0.25, 0.3) is 0 Å². The van der Waals surface area contributed by atoms with Crippen molar-refractivity contribution in [2.45, 2.75) is 25.4 Å². The van der Waals surface area contributed by atoms with Crippen LogP contribution >= 0.6 is 0 Å². The lowest BCUT2D eigenvalue weighted by Gasteiger charge is -2.16. The van der Waals surface area contributed by atoms with Crippen LogP contribution in [0, 0.1) is 5.82 Å². The molecule has 0 saturated heterocycles. The molecular formula is C19H21FN4O. The van der Waals surface area contributed by atoms with E-state index in [0.717, 1.165) is 24.4 Å². The molecule has 0 fully saturated rings. The fourth-order valence-electron chi connectivity index (χ4n) is 2.51. The van der Waals surface area contributed by atoms with Crippen LogP contribution in [0.4, 0.5) is 4.39 Å². The molecular weight excluding hydrogens is 319 g/mol. The van der Waals surface area contributed by atoms with Gasteiger partial charge in [0, 0.05) is 31.9 Å². The standard InChI is InChI=1S/C19H21FN4O/c1-21-19(24-16-4-2-3-5-16)23-13-14-6-11-18(22-12-14)25-17-9-7-15(20)8-10-17/h2-3,6-12,16H,4-5,13H2,1H3,(H2,21,23,24). The van der Waals surface area contributed by atoms with Gasteiger partial charge in [0.05, 0.1) is 0 Å². The maximum absolute atomic E-state index is 12.9. The Morgan fingerprint density at radius 2 is 1.96 bits per heavy atom. The van der Waals surface area contributed by atoms with Gasteiger partial charge in [-0.15, -0.1) is 0 Å². The zero-order chi connectivity index (χ0) is 17.5. The first kappa shape index (κ1) is 17.0. The predicted octanol–water partition coefficient (Wildman–Crippen LogP) is 3.40. The Morgan fingerprint density at radius 1 is 1.20 bits per heavy atom. The Hall–Kier alpha value is -2.89. The van der Waals surface area contributed by atoms with Crippen molar-refractivity contribution in [1.82, 2.24) is 15.6 Å². The number of aliphatic imine (C=N–C) groups is 1. The van der Waals surface area contributed by atoms with Gasteiger partial charge in [0.2, 0.25) is 5.88 Å². The summed E-state index contributed by atoms with van der Waals surface area (Å²) in [6, 6.07) is 9.98. The number of aromatic nitrogens is 1. The lowest BCUT2D eigenvalue weighted by atomic mass is 10.2. The predicted molar refractivity (Wildman–Crippen MR) is 96.2 cm³/mol. The molecule has 2 N–H and O–H groups in total. The molecule has 130 valence electrons. The van der Waals surface area contributed by atoms with E-state index in [0.29, 0.717) is 24.2 Å². The zero-order valence-electron chi connectivity index (χ0n) is 14.1. The van der Waals surface area contributed by atoms with Crippen LogP contribution in [-0.4, -0.2) is 24.0 Å². The van der Waals surface area contributed by atoms with Gasteiger partial charge in [-0.2, -0.15) is 0 Å². The number of ether oxygens (including phenoxy) is 1. The van der Waals surface area contributed by atoms with E-state index in [2.05, 4.69) is 32.8 Å². The number of halogens is 1. The Balaban J connectivity index is 1.50. The molecule has 0 aliphatic heterocycles. The zero-order valence-corrected chi connectivity index (χ0v) is 14.1. The van der Waals surface area contributed by atoms with Gasteiger partial charge >= 0.3 is 0 Å². The summed E-state index contributed by atoms with van der Waals surface area (Å²) in [5, 5.41) is 6.66. The van der Waals surface area contributed by atoms with Gasteiger partial charge in [0.15, 0.2) is 5.96 Å². The van der Waals surface area contributed by atoms with E-state index < -0.39 is 0 Å². The molecule has 0 unspecified atom stereocenters. The van der Waals surface area contributed by atoms with E-state index in [1.807, 2.05) is 6.07 Å². The highest BCUT2D eigenvalue weighted by Gasteiger charge is 2.11. The lowest BCUT2D eigenvalue weighted by molar-refractivity contribution is 0.461. The minimum Gasteiger partial charge on any atom is -0.439 e. The van der Waals surface area contributed by atoms with Crippen molar-refractivity contribution in [1.29, 1.82) is 0 Å². The summed E-state index contributed by atoms with van der Waals surface area (Å²) < 4.78 is 18.5. The molecule has 5 nitrogen and oxygen atoms in total. The molecule has 1 aromatic carbocycles. The summed E-state index contributed by atoms with van der Waals surface area (Å²) in [5.41, 5.74) is 1.01. The minimum atomic E-state index is -0.294. The van der Waals surface area contributed by atoms with Crippen LogP contribution in [0.3, 0.4) is 0 Å². The summed E-state index contributed by atoms with van der Waals surface area (Å²) in [5.74, 6) is 1.50. The van der Waals surface area contributed by atoms with Gasteiger partial charge in [0.1, 0.15) is 11.6 Å². The van der Waals surface area contributed by atoms with E-state index in [4.69, 9.17) is 4.74 Å². The van der Waals surface area contributed by atoms with Gasteiger partial charge in [-0.1, -0.05) is 18.2 Å². The second-order valence-electron chi connectivity index (χ2n) is 5.77. The topological polar surface area (TPSA) is 58.5 Å². The van der Waals surface area contributed by atoms with Crippen molar-refractivity contribution >= 4 is 5.96 Å². The van der Waals surface area contributed by atoms with E-state index in [1.165, 1.54) is 12.1 Å². The molecule has 3 rings (SSSR count). The van der Waals surface area contributed by atoms with Crippen molar-refractivity contribution in [3.8, 4) is 11.6 Å². The Labute approximate surface area is 146 Å². The summed E-state index contributed by atoms with van der Waals surface area (Å²) in [7, 11) is 1.76. The molecule has 1 aromatic heterocycles. The quantitative estimate of drug-likeness (QED) is 0.498. The molecule has 0 amide bonds. The fraction of sp³-hybridized carbons (Fsp3) is 0.263. The summed E-state index contributed by atoms with van der Waals surface area (Å²) in [6.07, 6.45) is 8.15. The number of nitrogens with zero attached hydrogens (tertiary/aromatic N) is 2. The summed E-state index contributed by atoms with van der Waals surface area (Å²) in [4.78, 5) is 8.52. The molecule has 0 radical (unpaired) electrons. The molecule has 0 bridgehead atoms. The number of pyridine rings is 1. The van der Waals surface area contributed by atoms with Crippen LogP contribution in [-0.2, 0) is 6.54 Å². The van der Waals surface area contributed by atoms with Gasteiger partial charge in [-0.25, -0.2) is 9.37 Å². The molecule has 2 aromatic rings. The van der Waals surface area contributed by atoms with Crippen LogP contribution in [0.25, 0.3) is 0 Å². The molecule has 0 atom stereocenters. The third-order valence-electron chi connectivity index (χ3n) is 3.87. The van der Waals surface area contributed by atoms with Crippen molar-refractivity contribution < 1.29 is 9.13 Å². The van der Waals surface area contributed by atoms with Crippen LogP contribution in [0.1, 0.15) is 18.4 Å². The van der Waals surface area contributed by atoms with Crippen LogP contribution in [0.5, 0.6) is 11.6 Å². The first-order valence-corrected chi connectivity index (χ1v) is 8.23. The van der Waals surface area contributed by atoms with Crippen molar-refractivity contribution in [2.24, 2.45) is 4.99 Å². The normalized spacial score (nSPS) is 14.6. The van der Waals surface area contributed by atoms with Gasteiger partial charge < -0.3 is 15.4 Å². The van der Waals surface area contributed by atoms with Crippen LogP contribution in [0.15, 0.2) is 59.7 Å². The van der Waals surface area contributed by atoms with Gasteiger partial charge in [-0.3, -0.25) is 4.99 Å². The molecule has 0 saturated carbocycles. The number of rotatable bonds is 5. The highest BCUT2D eigenvalue weighted by molar-refractivity contribution is 5.80. The summed E-state index contributed by atoms with van der Waals surface area (Å²) in [6.45, 7) is 0.615. The fourth-order valence-corrected chi connectivity index (χ4v) is 2.51. The Bertz CT molecular complexity index is 733. The number of guanidine groups is 1. The average molecular weight is 340 g/mol. The Kier molecular flexibility index (Phi) is 5.61. The second-order valence-corrected chi connectivity index (χ2v) is 5.77. The first-order valence-electron chi connectivity index (χ1n) is 8.23. The average Bonchev–Trinajstić information content (AvgIpc) is 3.15. The van der Waals surface area contributed by atoms with E-state index >= 15 is 0 Å². The van der Waals surface area contributed by atoms with Crippen molar-refractivity contribution in [3.05, 3.63) is 66.1 Å². The molecule has 25 heavy (non-hydrogen) atoms. The molecule has 1 aliphatic carbocycles. The van der Waals surface area contributed by atoms with E-state index in [9.17, 15) is 4.39 Å². The van der Waals surface area contributed by atoms with E-state index in [1.54, 1.807) is 31.4 Å². The van der Waals surface area contributed by atoms with Crippen LogP contribution in [0.2, 0.25) is 0 Å². The Morgan fingerprint density at radius 3 is 2.60 bits per heavy atom. The third kappa shape index (κ3) is 5.04. The molecule has 1 aliphatic rings. The van der Waals surface area contributed by atoms with Crippen LogP contribution < -0.4 is 15.4 Å². The number of hydrogen-bond donors (Lipinski definition) is 2. The lowest BCUT2D eigenvalue weighted by Crippen LogP contribution is -2.42. The summed E-state index contributed by atoms with van der Waals surface area (Å²) >= 11 is 0. The van der Waals surface area contributed by atoms with E-state index in [-0.39, 0.29) is 5.82 Å². The first-order chi connectivity index (χ1) is 12.2. The SMILES string of the molecule is CN=C(NCc1ccc(Oc2ccc(F)cc2)nc1)NC1CC=CC1. The monoisotopic (exact) mass is 340 g/mol. The molecule has 1 heterocycles. The second kappa shape index (κ2) is 8.28. The maximum Gasteiger partial charge on any atom is 0.219 e. The number of nitrogens with one attached hydrogen (secondary N) is 2. The maximum atomic E-state index is 12.9. The van der Waals surface area contributed by atoms with Crippen molar-refractivity contribution in [2.75, 3.05) is 7.05 Å². The number of benzene rings is 1. The highest BCUT2D eigenvalue weighted by Crippen LogP contribution is 2.19. The molecule has 6 heteroatoms. The molecule has 0 spiro atoms. The van der Waals surface area contributed by atoms with Crippen molar-refractivity contribution in [3.63, 3.8) is 0 Å². The third-order valence-corrected chi connectivity index (χ3v) is 3.87. The van der Waals surface area contributed by atoms with Gasteiger partial charge in [-0.05, 0) is 42.7 Å². The minimum absolute atomic E-state index is 0.294. The highest BCUT2D eigenvalue weighted by atomic mass is 19.1. The number of hydrogen-bond acceptors (Lipinski definition) is 3. The largest absolute Gasteiger partial charge is 0.439 e.